The van der Waals surface area contributed by atoms with Gasteiger partial charge in [-0.05, 0) is 42.0 Å². The van der Waals surface area contributed by atoms with Crippen LogP contribution in [0.2, 0.25) is 10.0 Å². The van der Waals surface area contributed by atoms with Gasteiger partial charge in [0.2, 0.25) is 0 Å². The van der Waals surface area contributed by atoms with E-state index in [2.05, 4.69) is 9.72 Å². The third-order valence-corrected chi connectivity index (χ3v) is 4.19. The number of halogens is 5. The van der Waals surface area contributed by atoms with Gasteiger partial charge in [-0.15, -0.1) is 13.2 Å². The van der Waals surface area contributed by atoms with Crippen molar-refractivity contribution < 1.29 is 27.8 Å². The molecule has 3 aromatic rings. The minimum atomic E-state index is -4.85. The molecule has 0 spiro atoms. The van der Waals surface area contributed by atoms with Crippen molar-refractivity contribution in [1.29, 1.82) is 0 Å². The number of nitrogens with one attached hydrogen (secondary N) is 1. The molecule has 0 aliphatic rings. The molecule has 0 aliphatic heterocycles. The molecule has 0 bridgehead atoms. The Bertz CT molecular complexity index is 999. The first-order chi connectivity index (χ1) is 12.1. The Morgan fingerprint density at radius 1 is 1.15 bits per heavy atom. The highest BCUT2D eigenvalue weighted by Gasteiger charge is 2.31. The van der Waals surface area contributed by atoms with Crippen molar-refractivity contribution >= 4 is 40.1 Å². The Morgan fingerprint density at radius 2 is 1.88 bits per heavy atom. The van der Waals surface area contributed by atoms with E-state index in [0.29, 0.717) is 32.7 Å². The van der Waals surface area contributed by atoms with E-state index in [9.17, 15) is 23.1 Å². The van der Waals surface area contributed by atoms with E-state index in [1.807, 2.05) is 0 Å². The van der Waals surface area contributed by atoms with Gasteiger partial charge in [-0.3, -0.25) is 4.79 Å². The largest absolute Gasteiger partial charge is 0.573 e. The third kappa shape index (κ3) is 3.89. The van der Waals surface area contributed by atoms with E-state index in [1.165, 1.54) is 12.1 Å². The van der Waals surface area contributed by atoms with E-state index in [1.54, 1.807) is 12.1 Å². The zero-order chi connectivity index (χ0) is 19.1. The van der Waals surface area contributed by atoms with Crippen molar-refractivity contribution in [2.24, 2.45) is 0 Å². The lowest BCUT2D eigenvalue weighted by Crippen LogP contribution is -2.17. The fourth-order valence-electron chi connectivity index (χ4n) is 2.68. The summed E-state index contributed by atoms with van der Waals surface area (Å²) in [5.41, 5.74) is 1.64. The van der Waals surface area contributed by atoms with Crippen LogP contribution in [-0.2, 0) is 11.2 Å². The highest BCUT2D eigenvalue weighted by Crippen LogP contribution is 2.37. The number of hydrogen-bond acceptors (Lipinski definition) is 2. The van der Waals surface area contributed by atoms with Crippen LogP contribution >= 0.6 is 23.2 Å². The predicted octanol–water partition coefficient (Wildman–Crippen LogP) is 5.67. The SMILES string of the molecule is O=C(O)Cc1c(-c2ccc(Cl)cc2Cl)[nH]c2ccc(OC(F)(F)F)cc12. The molecule has 26 heavy (non-hydrogen) atoms. The molecule has 0 saturated heterocycles. The molecule has 3 rings (SSSR count). The molecule has 0 saturated carbocycles. The van der Waals surface area contributed by atoms with Gasteiger partial charge in [0.1, 0.15) is 5.75 Å². The molecule has 0 fully saturated rings. The Hall–Kier alpha value is -2.38. The van der Waals surface area contributed by atoms with E-state index in [4.69, 9.17) is 23.2 Å². The van der Waals surface area contributed by atoms with Gasteiger partial charge in [0, 0.05) is 21.5 Å². The number of aromatic amines is 1. The number of aliphatic carboxylic acids is 1. The summed E-state index contributed by atoms with van der Waals surface area (Å²) in [7, 11) is 0. The zero-order valence-corrected chi connectivity index (χ0v) is 14.3. The van der Waals surface area contributed by atoms with Crippen molar-refractivity contribution in [1.82, 2.24) is 4.98 Å². The van der Waals surface area contributed by atoms with Gasteiger partial charge in [0.25, 0.3) is 0 Å². The van der Waals surface area contributed by atoms with Gasteiger partial charge in [0.05, 0.1) is 17.1 Å². The van der Waals surface area contributed by atoms with Crippen LogP contribution in [0.3, 0.4) is 0 Å². The van der Waals surface area contributed by atoms with E-state index in [-0.39, 0.29) is 5.02 Å². The number of H-pyrrole nitrogens is 1. The Kier molecular flexibility index (Phi) is 4.77. The third-order valence-electron chi connectivity index (χ3n) is 3.64. The van der Waals surface area contributed by atoms with Crippen LogP contribution in [0.25, 0.3) is 22.2 Å². The van der Waals surface area contributed by atoms with Crippen molar-refractivity contribution in [2.75, 3.05) is 0 Å². The van der Waals surface area contributed by atoms with Crippen molar-refractivity contribution in [3.05, 3.63) is 52.0 Å². The number of carboxylic acid groups (broad SMARTS) is 1. The number of aromatic nitrogens is 1. The highest BCUT2D eigenvalue weighted by atomic mass is 35.5. The molecule has 136 valence electrons. The minimum absolute atomic E-state index is 0.280. The molecule has 0 amide bonds. The zero-order valence-electron chi connectivity index (χ0n) is 12.8. The molecule has 9 heteroatoms. The maximum absolute atomic E-state index is 12.5. The van der Waals surface area contributed by atoms with Gasteiger partial charge in [0.15, 0.2) is 0 Å². The Morgan fingerprint density at radius 3 is 2.50 bits per heavy atom. The second-order valence-corrected chi connectivity index (χ2v) is 6.27. The number of hydrogen-bond donors (Lipinski definition) is 2. The van der Waals surface area contributed by atoms with E-state index in [0.717, 1.165) is 12.1 Å². The van der Waals surface area contributed by atoms with Crippen LogP contribution in [0.1, 0.15) is 5.56 Å². The average Bonchev–Trinajstić information content (AvgIpc) is 2.83. The smallest absolute Gasteiger partial charge is 0.481 e. The number of rotatable bonds is 4. The Labute approximate surface area is 155 Å². The van der Waals surface area contributed by atoms with E-state index >= 15 is 0 Å². The summed E-state index contributed by atoms with van der Waals surface area (Å²) in [5.74, 6) is -1.58. The fourth-order valence-corrected chi connectivity index (χ4v) is 3.18. The molecular formula is C17H10Cl2F3NO3. The first-order valence-corrected chi connectivity index (χ1v) is 7.97. The van der Waals surface area contributed by atoms with Crippen molar-refractivity contribution in [3.63, 3.8) is 0 Å². The molecule has 1 aromatic heterocycles. The summed E-state index contributed by atoms with van der Waals surface area (Å²) in [6, 6.07) is 8.35. The maximum Gasteiger partial charge on any atom is 0.573 e. The second-order valence-electron chi connectivity index (χ2n) is 5.43. The number of alkyl halides is 3. The molecule has 2 aromatic carbocycles. The van der Waals surface area contributed by atoms with Crippen LogP contribution < -0.4 is 4.74 Å². The van der Waals surface area contributed by atoms with Crippen LogP contribution in [0.5, 0.6) is 5.75 Å². The number of carbonyl (C=O) groups is 1. The number of ether oxygens (including phenoxy) is 1. The fraction of sp³-hybridized carbons (Fsp3) is 0.118. The Balaban J connectivity index is 2.20. The summed E-state index contributed by atoms with van der Waals surface area (Å²) in [6.07, 6.45) is -5.26. The standard InChI is InChI=1S/C17H10Cl2F3NO3/c18-8-1-3-10(13(19)5-8)16-12(7-15(24)25)11-6-9(26-17(20,21)22)2-4-14(11)23-16/h1-6,23H,7H2,(H,24,25). The summed E-state index contributed by atoms with van der Waals surface area (Å²) < 4.78 is 41.3. The molecule has 2 N–H and O–H groups in total. The lowest BCUT2D eigenvalue weighted by molar-refractivity contribution is -0.274. The number of fused-ring (bicyclic) bond motifs is 1. The lowest BCUT2D eigenvalue weighted by Gasteiger charge is -2.09. The van der Waals surface area contributed by atoms with Gasteiger partial charge in [-0.25, -0.2) is 0 Å². The molecule has 1 heterocycles. The number of carboxylic acids is 1. The van der Waals surface area contributed by atoms with Crippen LogP contribution in [-0.4, -0.2) is 22.4 Å². The van der Waals surface area contributed by atoms with Crippen LogP contribution in [0.15, 0.2) is 36.4 Å². The second kappa shape index (κ2) is 6.74. The van der Waals surface area contributed by atoms with E-state index < -0.39 is 24.5 Å². The topological polar surface area (TPSA) is 62.3 Å². The highest BCUT2D eigenvalue weighted by molar-refractivity contribution is 6.36. The summed E-state index contributed by atoms with van der Waals surface area (Å²) >= 11 is 12.1. The van der Waals surface area contributed by atoms with Crippen LogP contribution in [0, 0.1) is 0 Å². The van der Waals surface area contributed by atoms with Gasteiger partial charge < -0.3 is 14.8 Å². The molecule has 0 radical (unpaired) electrons. The molecular weight excluding hydrogens is 394 g/mol. The molecule has 4 nitrogen and oxygen atoms in total. The monoisotopic (exact) mass is 403 g/mol. The van der Waals surface area contributed by atoms with Gasteiger partial charge >= 0.3 is 12.3 Å². The minimum Gasteiger partial charge on any atom is -0.481 e. The first-order valence-electron chi connectivity index (χ1n) is 7.21. The molecule has 0 atom stereocenters. The van der Waals surface area contributed by atoms with Crippen molar-refractivity contribution in [2.45, 2.75) is 12.8 Å². The van der Waals surface area contributed by atoms with Gasteiger partial charge in [-0.1, -0.05) is 23.2 Å². The maximum atomic E-state index is 12.5. The van der Waals surface area contributed by atoms with Crippen molar-refractivity contribution in [3.8, 4) is 17.0 Å². The van der Waals surface area contributed by atoms with Gasteiger partial charge in [-0.2, -0.15) is 0 Å². The summed E-state index contributed by atoms with van der Waals surface area (Å²) in [6.45, 7) is 0. The average molecular weight is 404 g/mol. The number of benzene rings is 2. The quantitative estimate of drug-likeness (QED) is 0.589. The summed E-state index contributed by atoms with van der Waals surface area (Å²) in [5, 5.41) is 10.2. The molecule has 0 aliphatic carbocycles. The predicted molar refractivity (Wildman–Crippen MR) is 91.8 cm³/mol. The molecule has 0 unspecified atom stereocenters. The summed E-state index contributed by atoms with van der Waals surface area (Å²) in [4.78, 5) is 14.3. The normalized spacial score (nSPS) is 11.7. The first kappa shape index (κ1) is 18.4. The lowest BCUT2D eigenvalue weighted by atomic mass is 10.0. The van der Waals surface area contributed by atoms with Crippen LogP contribution in [0.4, 0.5) is 13.2 Å².